The molecule has 0 aliphatic rings. The van der Waals surface area contributed by atoms with E-state index in [1.54, 1.807) is 4.68 Å². The average Bonchev–Trinajstić information content (AvgIpc) is 2.62. The van der Waals surface area contributed by atoms with Crippen molar-refractivity contribution in [2.75, 3.05) is 0 Å². The Morgan fingerprint density at radius 2 is 1.88 bits per heavy atom. The number of aryl methyl sites for hydroxylation is 3. The molecular weight excluding hydrogens is 202 g/mol. The van der Waals surface area contributed by atoms with E-state index in [0.29, 0.717) is 5.69 Å². The SMILES string of the molecule is Cc1cc(C(O)c2ccn(C)n2)cc(C)n1. The lowest BCUT2D eigenvalue weighted by Crippen LogP contribution is -2.03. The summed E-state index contributed by atoms with van der Waals surface area (Å²) >= 11 is 0. The van der Waals surface area contributed by atoms with Gasteiger partial charge in [-0.1, -0.05) is 0 Å². The largest absolute Gasteiger partial charge is 0.382 e. The van der Waals surface area contributed by atoms with Crippen molar-refractivity contribution in [1.82, 2.24) is 14.8 Å². The zero-order chi connectivity index (χ0) is 11.7. The number of nitrogens with zero attached hydrogens (tertiary/aromatic N) is 3. The molecule has 0 aliphatic carbocycles. The third-order valence-electron chi connectivity index (χ3n) is 2.43. The predicted octanol–water partition coefficient (Wildman–Crippen LogP) is 1.51. The molecule has 0 bridgehead atoms. The van der Waals surface area contributed by atoms with Gasteiger partial charge in [-0.15, -0.1) is 0 Å². The molecule has 0 saturated heterocycles. The highest BCUT2D eigenvalue weighted by Gasteiger charge is 2.13. The first-order valence-electron chi connectivity index (χ1n) is 5.19. The van der Waals surface area contributed by atoms with Crippen LogP contribution in [-0.4, -0.2) is 19.9 Å². The lowest BCUT2D eigenvalue weighted by Gasteiger charge is -2.09. The highest BCUT2D eigenvalue weighted by molar-refractivity contribution is 5.27. The Kier molecular flexibility index (Phi) is 2.75. The summed E-state index contributed by atoms with van der Waals surface area (Å²) in [5, 5.41) is 14.3. The summed E-state index contributed by atoms with van der Waals surface area (Å²) in [5.41, 5.74) is 3.31. The van der Waals surface area contributed by atoms with Gasteiger partial charge < -0.3 is 5.11 Å². The van der Waals surface area contributed by atoms with Crippen LogP contribution >= 0.6 is 0 Å². The number of aliphatic hydroxyl groups excluding tert-OH is 1. The van der Waals surface area contributed by atoms with Crippen molar-refractivity contribution in [2.45, 2.75) is 20.0 Å². The molecule has 4 nitrogen and oxygen atoms in total. The smallest absolute Gasteiger partial charge is 0.123 e. The Labute approximate surface area is 94.6 Å². The van der Waals surface area contributed by atoms with Crippen LogP contribution in [0, 0.1) is 13.8 Å². The predicted molar refractivity (Wildman–Crippen MR) is 61.0 cm³/mol. The molecule has 0 saturated carbocycles. The molecule has 2 aromatic rings. The number of aliphatic hydroxyl groups is 1. The normalized spacial score (nSPS) is 12.8. The number of hydrogen-bond acceptors (Lipinski definition) is 3. The van der Waals surface area contributed by atoms with Gasteiger partial charge in [0.25, 0.3) is 0 Å². The molecule has 16 heavy (non-hydrogen) atoms. The second-order valence-electron chi connectivity index (χ2n) is 4.00. The number of hydrogen-bond donors (Lipinski definition) is 1. The molecule has 0 aromatic carbocycles. The first-order valence-corrected chi connectivity index (χ1v) is 5.19. The molecule has 4 heteroatoms. The standard InChI is InChI=1S/C12H15N3O/c1-8-6-10(7-9(2)13-8)12(16)11-4-5-15(3)14-11/h4-7,12,16H,1-3H3. The summed E-state index contributed by atoms with van der Waals surface area (Å²) in [7, 11) is 1.83. The fraction of sp³-hybridized carbons (Fsp3) is 0.333. The van der Waals surface area contributed by atoms with Crippen LogP contribution in [0.1, 0.15) is 28.7 Å². The maximum atomic E-state index is 10.2. The van der Waals surface area contributed by atoms with Crippen molar-refractivity contribution in [2.24, 2.45) is 7.05 Å². The molecular formula is C12H15N3O. The molecule has 2 heterocycles. The number of pyridine rings is 1. The highest BCUT2D eigenvalue weighted by atomic mass is 16.3. The van der Waals surface area contributed by atoms with E-state index in [2.05, 4.69) is 10.1 Å². The van der Waals surface area contributed by atoms with Crippen molar-refractivity contribution in [3.63, 3.8) is 0 Å². The molecule has 1 N–H and O–H groups in total. The first kappa shape index (κ1) is 10.8. The van der Waals surface area contributed by atoms with Crippen molar-refractivity contribution in [3.05, 3.63) is 47.0 Å². The molecule has 1 unspecified atom stereocenters. The van der Waals surface area contributed by atoms with Gasteiger partial charge in [-0.2, -0.15) is 5.10 Å². The van der Waals surface area contributed by atoms with Crippen LogP contribution < -0.4 is 0 Å². The van der Waals surface area contributed by atoms with E-state index in [1.165, 1.54) is 0 Å². The maximum Gasteiger partial charge on any atom is 0.123 e. The molecule has 0 spiro atoms. The molecule has 2 aromatic heterocycles. The van der Waals surface area contributed by atoms with Gasteiger partial charge in [0.05, 0.1) is 5.69 Å². The van der Waals surface area contributed by atoms with Crippen molar-refractivity contribution in [1.29, 1.82) is 0 Å². The van der Waals surface area contributed by atoms with Gasteiger partial charge in [-0.05, 0) is 37.6 Å². The van der Waals surface area contributed by atoms with Crippen LogP contribution in [0.4, 0.5) is 0 Å². The zero-order valence-corrected chi connectivity index (χ0v) is 9.68. The highest BCUT2D eigenvalue weighted by Crippen LogP contribution is 2.21. The summed E-state index contributed by atoms with van der Waals surface area (Å²) in [6.45, 7) is 3.84. The second kappa shape index (κ2) is 4.06. The van der Waals surface area contributed by atoms with Crippen LogP contribution in [-0.2, 0) is 7.05 Å². The topological polar surface area (TPSA) is 50.9 Å². The molecule has 2 rings (SSSR count). The first-order chi connectivity index (χ1) is 7.56. The van der Waals surface area contributed by atoms with Crippen LogP contribution in [0.3, 0.4) is 0 Å². The van der Waals surface area contributed by atoms with Crippen molar-refractivity contribution >= 4 is 0 Å². The molecule has 0 radical (unpaired) electrons. The fourth-order valence-electron chi connectivity index (χ4n) is 1.77. The molecule has 0 amide bonds. The third-order valence-corrected chi connectivity index (χ3v) is 2.43. The average molecular weight is 217 g/mol. The van der Waals surface area contributed by atoms with Gasteiger partial charge >= 0.3 is 0 Å². The molecule has 0 aliphatic heterocycles. The van der Waals surface area contributed by atoms with Gasteiger partial charge in [-0.3, -0.25) is 9.67 Å². The molecule has 0 fully saturated rings. The Morgan fingerprint density at radius 3 is 2.38 bits per heavy atom. The minimum Gasteiger partial charge on any atom is -0.382 e. The number of rotatable bonds is 2. The lowest BCUT2D eigenvalue weighted by atomic mass is 10.1. The summed E-state index contributed by atoms with van der Waals surface area (Å²) in [5.74, 6) is 0. The third kappa shape index (κ3) is 2.12. The summed E-state index contributed by atoms with van der Waals surface area (Å²) < 4.78 is 1.68. The Bertz CT molecular complexity index is 484. The molecule has 1 atom stereocenters. The van der Waals surface area contributed by atoms with E-state index in [-0.39, 0.29) is 0 Å². The summed E-state index contributed by atoms with van der Waals surface area (Å²) in [6, 6.07) is 5.58. The zero-order valence-electron chi connectivity index (χ0n) is 9.68. The van der Waals surface area contributed by atoms with Crippen LogP contribution in [0.5, 0.6) is 0 Å². The van der Waals surface area contributed by atoms with Crippen LogP contribution in [0.15, 0.2) is 24.4 Å². The van der Waals surface area contributed by atoms with Gasteiger partial charge in [0.1, 0.15) is 6.10 Å². The summed E-state index contributed by atoms with van der Waals surface area (Å²) in [4.78, 5) is 4.28. The minimum atomic E-state index is -0.679. The Balaban J connectivity index is 2.37. The van der Waals surface area contributed by atoms with Crippen LogP contribution in [0.25, 0.3) is 0 Å². The van der Waals surface area contributed by atoms with Gasteiger partial charge in [0.2, 0.25) is 0 Å². The Hall–Kier alpha value is -1.68. The van der Waals surface area contributed by atoms with Crippen LogP contribution in [0.2, 0.25) is 0 Å². The molecule has 84 valence electrons. The maximum absolute atomic E-state index is 10.2. The second-order valence-corrected chi connectivity index (χ2v) is 4.00. The van der Waals surface area contributed by atoms with E-state index in [4.69, 9.17) is 0 Å². The van der Waals surface area contributed by atoms with E-state index in [1.807, 2.05) is 45.3 Å². The van der Waals surface area contributed by atoms with Gasteiger partial charge in [0, 0.05) is 24.6 Å². The fourth-order valence-corrected chi connectivity index (χ4v) is 1.77. The minimum absolute atomic E-state index is 0.660. The van der Waals surface area contributed by atoms with E-state index in [9.17, 15) is 5.11 Å². The Morgan fingerprint density at radius 1 is 1.25 bits per heavy atom. The van der Waals surface area contributed by atoms with E-state index in [0.717, 1.165) is 17.0 Å². The van der Waals surface area contributed by atoms with E-state index >= 15 is 0 Å². The number of aromatic nitrogens is 3. The lowest BCUT2D eigenvalue weighted by molar-refractivity contribution is 0.214. The summed E-state index contributed by atoms with van der Waals surface area (Å²) in [6.07, 6.45) is 1.14. The monoisotopic (exact) mass is 217 g/mol. The quantitative estimate of drug-likeness (QED) is 0.829. The van der Waals surface area contributed by atoms with Gasteiger partial charge in [0.15, 0.2) is 0 Å². The van der Waals surface area contributed by atoms with Crippen molar-refractivity contribution < 1.29 is 5.11 Å². The van der Waals surface area contributed by atoms with Gasteiger partial charge in [-0.25, -0.2) is 0 Å². The van der Waals surface area contributed by atoms with Crippen molar-refractivity contribution in [3.8, 4) is 0 Å². The van der Waals surface area contributed by atoms with E-state index < -0.39 is 6.10 Å².